The zero-order valence-electron chi connectivity index (χ0n) is 16.6. The Hall–Kier alpha value is -2.57. The Morgan fingerprint density at radius 3 is 2.38 bits per heavy atom. The number of hydrogen-bond acceptors (Lipinski definition) is 4. The zero-order chi connectivity index (χ0) is 19.8. The number of carbonyl (C=O) groups is 2. The molecule has 1 saturated heterocycles. The van der Waals surface area contributed by atoms with Gasteiger partial charge in [-0.3, -0.25) is 9.59 Å². The number of nitrogens with one attached hydrogen (secondary N) is 3. The maximum atomic E-state index is 12.3. The smallest absolute Gasteiger partial charge is 0.251 e. The van der Waals surface area contributed by atoms with Gasteiger partial charge in [0.1, 0.15) is 5.75 Å². The Morgan fingerprint density at radius 2 is 1.76 bits per heavy atom. The third-order valence-corrected chi connectivity index (χ3v) is 4.86. The van der Waals surface area contributed by atoms with Gasteiger partial charge in [0.2, 0.25) is 5.91 Å². The molecule has 2 aromatic rings. The predicted octanol–water partition coefficient (Wildman–Crippen LogP) is 2.46. The molecule has 1 aliphatic rings. The van der Waals surface area contributed by atoms with Gasteiger partial charge in [-0.05, 0) is 54.8 Å². The van der Waals surface area contributed by atoms with Gasteiger partial charge in [-0.25, -0.2) is 0 Å². The molecule has 0 spiro atoms. The van der Waals surface area contributed by atoms with Crippen molar-refractivity contribution in [3.05, 3.63) is 65.2 Å². The third kappa shape index (κ3) is 7.07. The van der Waals surface area contributed by atoms with Crippen LogP contribution in [0.3, 0.4) is 0 Å². The molecule has 0 radical (unpaired) electrons. The highest BCUT2D eigenvalue weighted by Crippen LogP contribution is 2.12. The van der Waals surface area contributed by atoms with Crippen LogP contribution in [-0.4, -0.2) is 38.1 Å². The van der Waals surface area contributed by atoms with E-state index in [0.29, 0.717) is 18.5 Å². The molecule has 6 nitrogen and oxygen atoms in total. The van der Waals surface area contributed by atoms with E-state index in [1.54, 1.807) is 19.2 Å². The highest BCUT2D eigenvalue weighted by molar-refractivity contribution is 5.94. The lowest BCUT2D eigenvalue weighted by Gasteiger charge is -2.23. The first kappa shape index (κ1) is 22.7. The van der Waals surface area contributed by atoms with Crippen molar-refractivity contribution in [2.24, 2.45) is 0 Å². The molecule has 1 heterocycles. The molecule has 0 saturated carbocycles. The molecule has 3 rings (SSSR count). The average Bonchev–Trinajstić information content (AvgIpc) is 2.74. The van der Waals surface area contributed by atoms with Crippen LogP contribution in [0, 0.1) is 0 Å². The van der Waals surface area contributed by atoms with E-state index in [1.807, 2.05) is 36.4 Å². The molecule has 29 heavy (non-hydrogen) atoms. The first-order chi connectivity index (χ1) is 13.6. The van der Waals surface area contributed by atoms with Crippen molar-refractivity contribution < 1.29 is 14.3 Å². The lowest BCUT2D eigenvalue weighted by Crippen LogP contribution is -2.45. The van der Waals surface area contributed by atoms with E-state index < -0.39 is 0 Å². The second-order valence-electron chi connectivity index (χ2n) is 7.02. The molecular formula is C22H28ClN3O3. The van der Waals surface area contributed by atoms with Crippen molar-refractivity contribution in [2.75, 3.05) is 20.2 Å². The summed E-state index contributed by atoms with van der Waals surface area (Å²) in [5.41, 5.74) is 2.53. The third-order valence-electron chi connectivity index (χ3n) is 4.86. The van der Waals surface area contributed by atoms with Crippen LogP contribution in [0.2, 0.25) is 0 Å². The SMILES string of the molecule is COc1ccc(CC(=O)NCc2ccc(C(=O)N[C@H]3CCCNC3)cc2)cc1.Cl. The van der Waals surface area contributed by atoms with Gasteiger partial charge in [-0.2, -0.15) is 0 Å². The summed E-state index contributed by atoms with van der Waals surface area (Å²) in [6.07, 6.45) is 2.41. The molecule has 1 fully saturated rings. The highest BCUT2D eigenvalue weighted by atomic mass is 35.5. The van der Waals surface area contributed by atoms with E-state index in [1.165, 1.54) is 0 Å². The Balaban J connectivity index is 0.00000300. The second kappa shape index (κ2) is 11.4. The standard InChI is InChI=1S/C22H27N3O3.ClH/c1-28-20-10-6-16(7-11-20)13-21(26)24-14-17-4-8-18(9-5-17)22(27)25-19-3-2-12-23-15-19;/h4-11,19,23H,2-3,12-15H2,1H3,(H,24,26)(H,25,27);1H/t19-;/m0./s1. The molecule has 2 amide bonds. The van der Waals surface area contributed by atoms with Crippen LogP contribution >= 0.6 is 12.4 Å². The summed E-state index contributed by atoms with van der Waals surface area (Å²) < 4.78 is 5.12. The van der Waals surface area contributed by atoms with Crippen molar-refractivity contribution >= 4 is 24.2 Å². The van der Waals surface area contributed by atoms with Gasteiger partial charge < -0.3 is 20.7 Å². The molecule has 0 unspecified atom stereocenters. The fourth-order valence-electron chi connectivity index (χ4n) is 3.21. The van der Waals surface area contributed by atoms with Gasteiger partial charge >= 0.3 is 0 Å². The van der Waals surface area contributed by atoms with E-state index in [0.717, 1.165) is 42.8 Å². The minimum Gasteiger partial charge on any atom is -0.497 e. The monoisotopic (exact) mass is 417 g/mol. The topological polar surface area (TPSA) is 79.5 Å². The zero-order valence-corrected chi connectivity index (χ0v) is 17.4. The molecule has 1 atom stereocenters. The first-order valence-electron chi connectivity index (χ1n) is 9.64. The Labute approximate surface area is 177 Å². The molecule has 0 bridgehead atoms. The van der Waals surface area contributed by atoms with Crippen LogP contribution < -0.4 is 20.7 Å². The quantitative estimate of drug-likeness (QED) is 0.646. The van der Waals surface area contributed by atoms with Crippen molar-refractivity contribution in [2.45, 2.75) is 31.8 Å². The molecule has 0 aliphatic carbocycles. The van der Waals surface area contributed by atoms with Gasteiger partial charge in [-0.15, -0.1) is 12.4 Å². The molecule has 156 valence electrons. The van der Waals surface area contributed by atoms with E-state index in [2.05, 4.69) is 16.0 Å². The largest absolute Gasteiger partial charge is 0.497 e. The summed E-state index contributed by atoms with van der Waals surface area (Å²) in [5, 5.41) is 9.26. The van der Waals surface area contributed by atoms with Crippen molar-refractivity contribution in [1.29, 1.82) is 0 Å². The van der Waals surface area contributed by atoms with E-state index in [9.17, 15) is 9.59 Å². The van der Waals surface area contributed by atoms with Crippen LogP contribution in [0.5, 0.6) is 5.75 Å². The predicted molar refractivity (Wildman–Crippen MR) is 116 cm³/mol. The van der Waals surface area contributed by atoms with E-state index in [-0.39, 0.29) is 30.3 Å². The van der Waals surface area contributed by atoms with Gasteiger partial charge in [0.25, 0.3) is 5.91 Å². The minimum atomic E-state index is -0.0520. The highest BCUT2D eigenvalue weighted by Gasteiger charge is 2.16. The van der Waals surface area contributed by atoms with Crippen molar-refractivity contribution in [3.8, 4) is 5.75 Å². The molecule has 7 heteroatoms. The van der Waals surface area contributed by atoms with E-state index in [4.69, 9.17) is 4.74 Å². The number of halogens is 1. The fraction of sp³-hybridized carbons (Fsp3) is 0.364. The number of benzene rings is 2. The second-order valence-corrected chi connectivity index (χ2v) is 7.02. The maximum absolute atomic E-state index is 12.3. The van der Waals surface area contributed by atoms with Crippen LogP contribution in [0.15, 0.2) is 48.5 Å². The van der Waals surface area contributed by atoms with Gasteiger partial charge in [0.05, 0.1) is 13.5 Å². The van der Waals surface area contributed by atoms with Crippen LogP contribution in [-0.2, 0) is 17.8 Å². The van der Waals surface area contributed by atoms with Crippen molar-refractivity contribution in [3.63, 3.8) is 0 Å². The van der Waals surface area contributed by atoms with Crippen LogP contribution in [0.4, 0.5) is 0 Å². The Kier molecular flexibility index (Phi) is 8.96. The summed E-state index contributed by atoms with van der Waals surface area (Å²) in [7, 11) is 1.61. The molecular weight excluding hydrogens is 390 g/mol. The number of amides is 2. The number of carbonyl (C=O) groups excluding carboxylic acids is 2. The van der Waals surface area contributed by atoms with Crippen molar-refractivity contribution in [1.82, 2.24) is 16.0 Å². The summed E-state index contributed by atoms with van der Waals surface area (Å²) in [6.45, 7) is 2.28. The molecule has 0 aromatic heterocycles. The maximum Gasteiger partial charge on any atom is 0.251 e. The van der Waals surface area contributed by atoms with Crippen LogP contribution in [0.25, 0.3) is 0 Å². The van der Waals surface area contributed by atoms with E-state index >= 15 is 0 Å². The molecule has 3 N–H and O–H groups in total. The minimum absolute atomic E-state index is 0. The lowest BCUT2D eigenvalue weighted by molar-refractivity contribution is -0.120. The number of hydrogen-bond donors (Lipinski definition) is 3. The summed E-state index contributed by atoms with van der Waals surface area (Å²) in [6, 6.07) is 15.0. The molecule has 2 aromatic carbocycles. The van der Waals surface area contributed by atoms with Gasteiger partial charge in [-0.1, -0.05) is 24.3 Å². The number of piperidine rings is 1. The number of methoxy groups -OCH3 is 1. The summed E-state index contributed by atoms with van der Waals surface area (Å²) >= 11 is 0. The van der Waals surface area contributed by atoms with Crippen LogP contribution in [0.1, 0.15) is 34.3 Å². The Morgan fingerprint density at radius 1 is 1.07 bits per heavy atom. The Bertz CT molecular complexity index is 788. The summed E-state index contributed by atoms with van der Waals surface area (Å²) in [5.74, 6) is 0.675. The van der Waals surface area contributed by atoms with Gasteiger partial charge in [0.15, 0.2) is 0 Å². The average molecular weight is 418 g/mol. The van der Waals surface area contributed by atoms with Gasteiger partial charge in [0, 0.05) is 24.7 Å². The molecule has 1 aliphatic heterocycles. The fourth-order valence-corrected chi connectivity index (χ4v) is 3.21. The number of ether oxygens (including phenoxy) is 1. The lowest BCUT2D eigenvalue weighted by atomic mass is 10.1. The summed E-state index contributed by atoms with van der Waals surface area (Å²) in [4.78, 5) is 24.4. The first-order valence-corrected chi connectivity index (χ1v) is 9.64. The normalized spacial score (nSPS) is 15.7. The number of rotatable bonds is 7.